The van der Waals surface area contributed by atoms with Crippen molar-refractivity contribution in [3.63, 3.8) is 0 Å². The van der Waals surface area contributed by atoms with Crippen molar-refractivity contribution in [2.75, 3.05) is 44.7 Å². The molecule has 0 saturated carbocycles. The number of amides is 2. The molecule has 0 spiro atoms. The van der Waals surface area contributed by atoms with E-state index in [1.807, 2.05) is 13.8 Å². The molecule has 1 unspecified atom stereocenters. The molecule has 1 aromatic carbocycles. The summed E-state index contributed by atoms with van der Waals surface area (Å²) < 4.78 is 45.8. The zero-order valence-corrected chi connectivity index (χ0v) is 22.9. The molecule has 3 heterocycles. The van der Waals surface area contributed by atoms with Crippen LogP contribution in [0.25, 0.3) is 10.9 Å². The summed E-state index contributed by atoms with van der Waals surface area (Å²) in [7, 11) is 3.28. The Morgan fingerprint density at radius 3 is 2.56 bits per heavy atom. The van der Waals surface area contributed by atoms with Crippen LogP contribution in [0.5, 0.6) is 0 Å². The standard InChI is InChI=1S/C27H35F3N6O3/c1-6-36(18-7-9-35(10-8-18)15-27(28,29)30)24-17(3)19(12-22-20(24)14-32-34(22)4)25(37)31-13-21-23(39-5)11-16(2)33-26(21)38/h11-12,14,18,21H,6-10,13,15H2,1-5H3,(H,31,37). The van der Waals surface area contributed by atoms with E-state index in [0.717, 1.165) is 22.2 Å². The molecule has 9 nitrogen and oxygen atoms in total. The van der Waals surface area contributed by atoms with Crippen molar-refractivity contribution in [2.24, 2.45) is 18.0 Å². The molecule has 4 rings (SSSR count). The van der Waals surface area contributed by atoms with Crippen LogP contribution in [0.1, 0.15) is 42.6 Å². The van der Waals surface area contributed by atoms with Gasteiger partial charge in [-0.15, -0.1) is 0 Å². The minimum Gasteiger partial charge on any atom is -0.500 e. The van der Waals surface area contributed by atoms with Crippen LogP contribution in [-0.4, -0.2) is 84.3 Å². The number of hydrogen-bond acceptors (Lipinski definition) is 6. The van der Waals surface area contributed by atoms with E-state index >= 15 is 0 Å². The number of nitrogens with zero attached hydrogens (tertiary/aromatic N) is 5. The molecular formula is C27H35F3N6O3. The summed E-state index contributed by atoms with van der Waals surface area (Å²) in [6.45, 7) is 6.04. The van der Waals surface area contributed by atoms with E-state index in [4.69, 9.17) is 4.74 Å². The maximum atomic E-state index is 13.5. The normalized spacial score (nSPS) is 19.2. The number of aromatic nitrogens is 2. The van der Waals surface area contributed by atoms with Crippen LogP contribution < -0.4 is 10.2 Å². The smallest absolute Gasteiger partial charge is 0.401 e. The number of anilines is 1. The third kappa shape index (κ3) is 6.10. The van der Waals surface area contributed by atoms with E-state index in [1.54, 1.807) is 37.0 Å². The lowest BCUT2D eigenvalue weighted by Gasteiger charge is -2.40. The fourth-order valence-electron chi connectivity index (χ4n) is 5.61. The highest BCUT2D eigenvalue weighted by molar-refractivity contribution is 6.07. The lowest BCUT2D eigenvalue weighted by molar-refractivity contribution is -0.147. The van der Waals surface area contributed by atoms with Gasteiger partial charge in [-0.2, -0.15) is 18.3 Å². The second-order valence-electron chi connectivity index (χ2n) is 10.1. The summed E-state index contributed by atoms with van der Waals surface area (Å²) in [6, 6.07) is 1.81. The SMILES string of the molecule is CCN(c1c(C)c(C(=O)NCC2C(=O)N=C(C)C=C2OC)cc2c1cnn2C)C1CCN(CC(F)(F)F)CC1. The molecule has 1 fully saturated rings. The number of halogens is 3. The predicted octanol–water partition coefficient (Wildman–Crippen LogP) is 3.61. The minimum absolute atomic E-state index is 0.0234. The minimum atomic E-state index is -4.22. The topological polar surface area (TPSA) is 92.1 Å². The van der Waals surface area contributed by atoms with Crippen LogP contribution in [0.2, 0.25) is 0 Å². The Kier molecular flexibility index (Phi) is 8.34. The number of alkyl halides is 3. The number of aliphatic imine (C=N–C) groups is 1. The Balaban J connectivity index is 1.60. The van der Waals surface area contributed by atoms with E-state index in [1.165, 1.54) is 12.0 Å². The van der Waals surface area contributed by atoms with Gasteiger partial charge >= 0.3 is 6.18 Å². The van der Waals surface area contributed by atoms with Gasteiger partial charge in [0.05, 0.1) is 31.1 Å². The molecule has 12 heteroatoms. The van der Waals surface area contributed by atoms with Crippen LogP contribution >= 0.6 is 0 Å². The molecule has 212 valence electrons. The fourth-order valence-corrected chi connectivity index (χ4v) is 5.61. The Labute approximate surface area is 225 Å². The second-order valence-corrected chi connectivity index (χ2v) is 10.1. The van der Waals surface area contributed by atoms with E-state index in [-0.39, 0.29) is 24.4 Å². The molecule has 1 saturated heterocycles. The molecule has 2 aromatic rings. The van der Waals surface area contributed by atoms with Gasteiger partial charge in [-0.3, -0.25) is 19.2 Å². The van der Waals surface area contributed by atoms with Crippen molar-refractivity contribution in [3.8, 4) is 0 Å². The number of aryl methyl sites for hydroxylation is 1. The number of fused-ring (bicyclic) bond motifs is 1. The molecule has 0 radical (unpaired) electrons. The van der Waals surface area contributed by atoms with Gasteiger partial charge in [0.25, 0.3) is 11.8 Å². The number of rotatable bonds is 8. The monoisotopic (exact) mass is 548 g/mol. The number of piperidine rings is 1. The number of nitrogens with one attached hydrogen (secondary N) is 1. The van der Waals surface area contributed by atoms with Gasteiger partial charge in [-0.1, -0.05) is 0 Å². The third-order valence-electron chi connectivity index (χ3n) is 7.53. The summed E-state index contributed by atoms with van der Waals surface area (Å²) >= 11 is 0. The average Bonchev–Trinajstić information content (AvgIpc) is 3.24. The number of hydrogen-bond donors (Lipinski definition) is 1. The number of dihydropyridines is 1. The highest BCUT2D eigenvalue weighted by Crippen LogP contribution is 2.36. The number of benzene rings is 1. The van der Waals surface area contributed by atoms with Gasteiger partial charge in [0.15, 0.2) is 0 Å². The highest BCUT2D eigenvalue weighted by Gasteiger charge is 2.35. The number of allylic oxidation sites excluding steroid dienone is 1. The van der Waals surface area contributed by atoms with E-state index in [2.05, 4.69) is 20.3 Å². The average molecular weight is 549 g/mol. The van der Waals surface area contributed by atoms with Crippen LogP contribution in [0, 0.1) is 12.8 Å². The molecule has 2 aliphatic heterocycles. The first-order valence-electron chi connectivity index (χ1n) is 13.1. The maximum Gasteiger partial charge on any atom is 0.401 e. The zero-order valence-electron chi connectivity index (χ0n) is 22.9. The van der Waals surface area contributed by atoms with Gasteiger partial charge in [0.2, 0.25) is 0 Å². The van der Waals surface area contributed by atoms with E-state index in [9.17, 15) is 22.8 Å². The van der Waals surface area contributed by atoms with Crippen LogP contribution in [0.4, 0.5) is 18.9 Å². The number of ether oxygens (including phenoxy) is 1. The molecule has 1 N–H and O–H groups in total. The highest BCUT2D eigenvalue weighted by atomic mass is 19.4. The van der Waals surface area contributed by atoms with E-state index in [0.29, 0.717) is 49.5 Å². The van der Waals surface area contributed by atoms with Crippen molar-refractivity contribution in [3.05, 3.63) is 35.2 Å². The summed E-state index contributed by atoms with van der Waals surface area (Å²) in [5.41, 5.74) is 3.36. The Hall–Kier alpha value is -3.41. The second kappa shape index (κ2) is 11.4. The van der Waals surface area contributed by atoms with Crippen molar-refractivity contribution in [2.45, 2.75) is 45.8 Å². The number of methoxy groups -OCH3 is 1. The summed E-state index contributed by atoms with van der Waals surface area (Å²) in [5.74, 6) is -0.985. The van der Waals surface area contributed by atoms with Crippen molar-refractivity contribution < 1.29 is 27.5 Å². The molecule has 1 aromatic heterocycles. The van der Waals surface area contributed by atoms with Gasteiger partial charge in [0, 0.05) is 55.9 Å². The predicted molar refractivity (Wildman–Crippen MR) is 143 cm³/mol. The van der Waals surface area contributed by atoms with Gasteiger partial charge in [-0.05, 0) is 51.3 Å². The Bertz CT molecular complexity index is 1310. The molecule has 0 aliphatic carbocycles. The Morgan fingerprint density at radius 2 is 1.95 bits per heavy atom. The Morgan fingerprint density at radius 1 is 1.26 bits per heavy atom. The lowest BCUT2D eigenvalue weighted by atomic mass is 9.96. The molecule has 0 bridgehead atoms. The first kappa shape index (κ1) is 28.6. The van der Waals surface area contributed by atoms with Crippen molar-refractivity contribution in [1.82, 2.24) is 20.0 Å². The summed E-state index contributed by atoms with van der Waals surface area (Å²) in [6.07, 6.45) is 0.388. The third-order valence-corrected chi connectivity index (χ3v) is 7.53. The van der Waals surface area contributed by atoms with Gasteiger partial charge in [0.1, 0.15) is 11.7 Å². The maximum absolute atomic E-state index is 13.5. The molecular weight excluding hydrogens is 513 g/mol. The zero-order chi connectivity index (χ0) is 28.5. The van der Waals surface area contributed by atoms with E-state index < -0.39 is 18.6 Å². The van der Waals surface area contributed by atoms with Crippen LogP contribution in [-0.2, 0) is 16.6 Å². The number of carbonyl (C=O) groups is 2. The quantitative estimate of drug-likeness (QED) is 0.542. The first-order valence-corrected chi connectivity index (χ1v) is 13.1. The molecule has 1 atom stereocenters. The van der Waals surface area contributed by atoms with Gasteiger partial charge < -0.3 is 15.0 Å². The summed E-state index contributed by atoms with van der Waals surface area (Å²) in [4.78, 5) is 33.6. The van der Waals surface area contributed by atoms with Crippen molar-refractivity contribution in [1.29, 1.82) is 0 Å². The number of carbonyl (C=O) groups excluding carboxylic acids is 2. The largest absolute Gasteiger partial charge is 0.500 e. The molecule has 2 aliphatic rings. The fraction of sp³-hybridized carbons (Fsp3) is 0.556. The van der Waals surface area contributed by atoms with Crippen LogP contribution in [0.3, 0.4) is 0 Å². The van der Waals surface area contributed by atoms with Crippen molar-refractivity contribution >= 4 is 34.1 Å². The first-order chi connectivity index (χ1) is 18.4. The molecule has 39 heavy (non-hydrogen) atoms. The van der Waals surface area contributed by atoms with Crippen LogP contribution in [0.15, 0.2) is 29.1 Å². The van der Waals surface area contributed by atoms with Gasteiger partial charge in [-0.25, -0.2) is 4.99 Å². The number of likely N-dealkylation sites (tertiary alicyclic amines) is 1. The summed E-state index contributed by atoms with van der Waals surface area (Å²) in [5, 5.41) is 8.16. The molecule has 2 amide bonds. The lowest BCUT2D eigenvalue weighted by Crippen LogP contribution is -2.47.